The van der Waals surface area contributed by atoms with E-state index in [4.69, 9.17) is 9.84 Å². The van der Waals surface area contributed by atoms with Gasteiger partial charge in [-0.1, -0.05) is 6.07 Å². The Labute approximate surface area is 197 Å². The monoisotopic (exact) mass is 503 g/mol. The maximum absolute atomic E-state index is 13.7. The number of ether oxygens (including phenoxy) is 1. The van der Waals surface area contributed by atoms with Crippen molar-refractivity contribution in [3.8, 4) is 0 Å². The van der Waals surface area contributed by atoms with Crippen LogP contribution >= 0.6 is 15.9 Å². The molecule has 0 aromatic carbocycles. The Kier molecular flexibility index (Phi) is 5.81. The second kappa shape index (κ2) is 8.17. The van der Waals surface area contributed by atoms with Crippen LogP contribution < -0.4 is 0 Å². The van der Waals surface area contributed by atoms with Crippen LogP contribution in [0, 0.1) is 0 Å². The number of hydrogen-bond acceptors (Lipinski definition) is 5. The second-order valence-electron chi connectivity index (χ2n) is 9.78. The topological polar surface area (TPSA) is 80.6 Å². The number of hydrogen-bond donors (Lipinski definition) is 0. The summed E-state index contributed by atoms with van der Waals surface area (Å²) >= 11 is 3.36. The van der Waals surface area contributed by atoms with E-state index in [1.807, 2.05) is 56.3 Å². The van der Waals surface area contributed by atoms with Gasteiger partial charge in [-0.3, -0.25) is 9.48 Å². The molecule has 1 unspecified atom stereocenters. The summed E-state index contributed by atoms with van der Waals surface area (Å²) in [5.41, 5.74) is 2.70. The highest BCUT2D eigenvalue weighted by atomic mass is 79.9. The highest BCUT2D eigenvalue weighted by molar-refractivity contribution is 9.10. The lowest BCUT2D eigenvalue weighted by Gasteiger charge is -2.37. The van der Waals surface area contributed by atoms with Gasteiger partial charge in [-0.15, -0.1) is 0 Å². The largest absolute Gasteiger partial charge is 0.444 e. The average Bonchev–Trinajstić information content (AvgIpc) is 3.08. The number of aromatic nitrogens is 3. The minimum absolute atomic E-state index is 0.0319. The van der Waals surface area contributed by atoms with E-state index < -0.39 is 5.60 Å². The van der Waals surface area contributed by atoms with Crippen LogP contribution in [0.4, 0.5) is 4.79 Å². The van der Waals surface area contributed by atoms with Crippen molar-refractivity contribution in [1.82, 2.24) is 24.6 Å². The summed E-state index contributed by atoms with van der Waals surface area (Å²) in [6.45, 7) is 12.5. The van der Waals surface area contributed by atoms with Gasteiger partial charge >= 0.3 is 6.09 Å². The SMILES string of the molecule is CC(c1ccc(Br)nc1)N1C[C@@H](C)n2nc3c(c2C1=O)CN(C(=O)OC(C)(C)C)[C@H](C)C3. The van der Waals surface area contributed by atoms with Crippen molar-refractivity contribution in [2.24, 2.45) is 0 Å². The number of carbonyl (C=O) groups is 2. The Morgan fingerprint density at radius 3 is 2.59 bits per heavy atom. The van der Waals surface area contributed by atoms with E-state index in [1.54, 1.807) is 11.1 Å². The number of nitrogens with zero attached hydrogens (tertiary/aromatic N) is 5. The first kappa shape index (κ1) is 22.8. The number of fused-ring (bicyclic) bond motifs is 3. The van der Waals surface area contributed by atoms with Gasteiger partial charge in [-0.25, -0.2) is 9.78 Å². The van der Waals surface area contributed by atoms with Crippen LogP contribution in [0.1, 0.15) is 80.9 Å². The van der Waals surface area contributed by atoms with E-state index in [1.165, 1.54) is 0 Å². The lowest BCUT2D eigenvalue weighted by atomic mass is 9.98. The van der Waals surface area contributed by atoms with Gasteiger partial charge in [0.05, 0.1) is 24.3 Å². The molecular weight excluding hydrogens is 474 g/mol. The Morgan fingerprint density at radius 1 is 1.25 bits per heavy atom. The summed E-state index contributed by atoms with van der Waals surface area (Å²) in [7, 11) is 0. The van der Waals surface area contributed by atoms with E-state index >= 15 is 0 Å². The molecule has 0 saturated carbocycles. The molecular formula is C23H30BrN5O3. The molecule has 0 radical (unpaired) electrons. The molecule has 3 atom stereocenters. The van der Waals surface area contributed by atoms with Gasteiger partial charge in [-0.05, 0) is 69.1 Å². The Hall–Kier alpha value is -2.42. The third-order valence-corrected chi connectivity index (χ3v) is 6.58. The summed E-state index contributed by atoms with van der Waals surface area (Å²) in [5.74, 6) is -0.0639. The van der Waals surface area contributed by atoms with E-state index in [0.717, 1.165) is 21.4 Å². The quantitative estimate of drug-likeness (QED) is 0.563. The Balaban J connectivity index is 1.66. The van der Waals surface area contributed by atoms with Crippen molar-refractivity contribution in [2.45, 2.75) is 78.2 Å². The minimum atomic E-state index is -0.579. The van der Waals surface area contributed by atoms with E-state index in [-0.39, 0.29) is 30.1 Å². The predicted molar refractivity (Wildman–Crippen MR) is 123 cm³/mol. The van der Waals surface area contributed by atoms with Crippen LogP contribution in [0.25, 0.3) is 0 Å². The van der Waals surface area contributed by atoms with E-state index in [0.29, 0.717) is 25.2 Å². The fourth-order valence-electron chi connectivity index (χ4n) is 4.40. The van der Waals surface area contributed by atoms with Gasteiger partial charge in [-0.2, -0.15) is 5.10 Å². The molecule has 9 heteroatoms. The summed E-state index contributed by atoms with van der Waals surface area (Å²) < 4.78 is 8.22. The van der Waals surface area contributed by atoms with E-state index in [9.17, 15) is 9.59 Å². The van der Waals surface area contributed by atoms with Crippen molar-refractivity contribution in [3.05, 3.63) is 45.4 Å². The maximum Gasteiger partial charge on any atom is 0.410 e. The number of carbonyl (C=O) groups excluding carboxylic acids is 2. The molecule has 2 aliphatic heterocycles. The molecule has 2 aliphatic rings. The van der Waals surface area contributed by atoms with E-state index in [2.05, 4.69) is 27.8 Å². The molecule has 0 spiro atoms. The average molecular weight is 504 g/mol. The third-order valence-electron chi connectivity index (χ3n) is 6.11. The molecule has 0 aliphatic carbocycles. The first-order valence-corrected chi connectivity index (χ1v) is 11.8. The van der Waals surface area contributed by atoms with Gasteiger partial charge in [0, 0.05) is 30.8 Å². The summed E-state index contributed by atoms with van der Waals surface area (Å²) in [4.78, 5) is 34.4. The highest BCUT2D eigenvalue weighted by Gasteiger charge is 2.41. The zero-order valence-electron chi connectivity index (χ0n) is 19.4. The van der Waals surface area contributed by atoms with Crippen LogP contribution in [-0.2, 0) is 17.7 Å². The number of pyridine rings is 1. The number of halogens is 1. The summed E-state index contributed by atoms with van der Waals surface area (Å²) in [6, 6.07) is 3.71. The number of rotatable bonds is 2. The van der Waals surface area contributed by atoms with Crippen molar-refractivity contribution in [3.63, 3.8) is 0 Å². The van der Waals surface area contributed by atoms with Crippen LogP contribution in [0.2, 0.25) is 0 Å². The molecule has 4 rings (SSSR count). The van der Waals surface area contributed by atoms with Crippen LogP contribution in [0.3, 0.4) is 0 Å². The lowest BCUT2D eigenvalue weighted by Crippen LogP contribution is -2.46. The van der Waals surface area contributed by atoms with Gasteiger partial charge in [0.1, 0.15) is 15.9 Å². The predicted octanol–water partition coefficient (Wildman–Crippen LogP) is 4.50. The molecule has 4 heterocycles. The zero-order valence-corrected chi connectivity index (χ0v) is 21.0. The lowest BCUT2D eigenvalue weighted by molar-refractivity contribution is 0.0135. The van der Waals surface area contributed by atoms with Gasteiger partial charge in [0.2, 0.25) is 0 Å². The fraction of sp³-hybridized carbons (Fsp3) is 0.565. The number of amides is 2. The standard InChI is InChI=1S/C23H30BrN5O3/c1-13-9-18-17(12-27(13)22(31)32-23(4,5)6)20-21(30)28(11-14(2)29(20)26-18)15(3)16-7-8-19(24)25-10-16/h7-8,10,13-15H,9,11-12H2,1-6H3/t13-,14-,15?/m1/s1. The fourth-order valence-corrected chi connectivity index (χ4v) is 4.64. The molecule has 8 nitrogen and oxygen atoms in total. The van der Waals surface area contributed by atoms with Crippen molar-refractivity contribution in [2.75, 3.05) is 6.54 Å². The normalized spacial score (nSPS) is 21.8. The van der Waals surface area contributed by atoms with Crippen LogP contribution in [0.5, 0.6) is 0 Å². The molecule has 32 heavy (non-hydrogen) atoms. The first-order chi connectivity index (χ1) is 15.0. The molecule has 2 aromatic rings. The van der Waals surface area contributed by atoms with Crippen LogP contribution in [0.15, 0.2) is 22.9 Å². The van der Waals surface area contributed by atoms with Crippen LogP contribution in [-0.4, -0.2) is 54.8 Å². The second-order valence-corrected chi connectivity index (χ2v) is 10.6. The summed E-state index contributed by atoms with van der Waals surface area (Å²) in [6.07, 6.45) is 2.03. The smallest absolute Gasteiger partial charge is 0.410 e. The van der Waals surface area contributed by atoms with Gasteiger partial charge < -0.3 is 14.5 Å². The first-order valence-electron chi connectivity index (χ1n) is 11.0. The summed E-state index contributed by atoms with van der Waals surface area (Å²) in [5, 5.41) is 4.79. The van der Waals surface area contributed by atoms with Crippen molar-refractivity contribution >= 4 is 27.9 Å². The Bertz CT molecular complexity index is 1040. The molecule has 2 aromatic heterocycles. The Morgan fingerprint density at radius 2 is 1.97 bits per heavy atom. The van der Waals surface area contributed by atoms with Crippen molar-refractivity contribution < 1.29 is 14.3 Å². The van der Waals surface area contributed by atoms with Gasteiger partial charge in [0.25, 0.3) is 5.91 Å². The molecule has 2 amide bonds. The van der Waals surface area contributed by atoms with Crippen molar-refractivity contribution in [1.29, 1.82) is 0 Å². The third kappa shape index (κ3) is 4.14. The maximum atomic E-state index is 13.7. The zero-order chi connectivity index (χ0) is 23.4. The molecule has 0 saturated heterocycles. The minimum Gasteiger partial charge on any atom is -0.444 e. The highest BCUT2D eigenvalue weighted by Crippen LogP contribution is 2.35. The molecule has 0 N–H and O–H groups in total. The molecule has 172 valence electrons. The molecule has 0 bridgehead atoms. The van der Waals surface area contributed by atoms with Gasteiger partial charge in [0.15, 0.2) is 0 Å². The molecule has 0 fully saturated rings.